The van der Waals surface area contributed by atoms with E-state index in [0.29, 0.717) is 0 Å². The summed E-state index contributed by atoms with van der Waals surface area (Å²) in [6.45, 7) is 8.56. The molecule has 1 aliphatic carbocycles. The van der Waals surface area contributed by atoms with Crippen LogP contribution in [0.4, 0.5) is 0 Å². The highest BCUT2D eigenvalue weighted by Gasteiger charge is 2.27. The summed E-state index contributed by atoms with van der Waals surface area (Å²) in [4.78, 5) is 24.9. The van der Waals surface area contributed by atoms with Gasteiger partial charge in [-0.05, 0) is 51.4 Å². The highest BCUT2D eigenvalue weighted by atomic mass is 16.2. The van der Waals surface area contributed by atoms with Gasteiger partial charge in [-0.25, -0.2) is 0 Å². The summed E-state index contributed by atoms with van der Waals surface area (Å²) in [6.07, 6.45) is 12.3. The summed E-state index contributed by atoms with van der Waals surface area (Å²) >= 11 is 0. The Morgan fingerprint density at radius 3 is 1.35 bits per heavy atom. The normalized spacial score (nSPS) is 22.5. The number of amides is 2. The van der Waals surface area contributed by atoms with E-state index in [-0.39, 0.29) is 35.7 Å². The second-order valence-electron chi connectivity index (χ2n) is 8.06. The van der Waals surface area contributed by atoms with Gasteiger partial charge in [-0.3, -0.25) is 9.59 Å². The summed E-state index contributed by atoms with van der Waals surface area (Å²) in [6, 6.07) is 0.571. The van der Waals surface area contributed by atoms with Crippen molar-refractivity contribution in [1.82, 2.24) is 10.6 Å². The van der Waals surface area contributed by atoms with Crippen molar-refractivity contribution in [3.8, 4) is 0 Å². The van der Waals surface area contributed by atoms with Crippen molar-refractivity contribution >= 4 is 11.8 Å². The van der Waals surface area contributed by atoms with Crippen molar-refractivity contribution < 1.29 is 9.59 Å². The van der Waals surface area contributed by atoms with Gasteiger partial charge in [0.1, 0.15) is 0 Å². The van der Waals surface area contributed by atoms with Crippen molar-refractivity contribution in [2.45, 2.75) is 117 Å². The molecule has 26 heavy (non-hydrogen) atoms. The second-order valence-corrected chi connectivity index (χ2v) is 8.06. The van der Waals surface area contributed by atoms with Gasteiger partial charge in [0.05, 0.1) is 0 Å². The van der Waals surface area contributed by atoms with Gasteiger partial charge in [0.2, 0.25) is 11.8 Å². The lowest BCUT2D eigenvalue weighted by Gasteiger charge is -2.31. The lowest BCUT2D eigenvalue weighted by molar-refractivity contribution is -0.128. The Hall–Kier alpha value is -1.06. The molecule has 0 spiro atoms. The standard InChI is InChI=1S/C22H42N2O2/c1-5-9-11-17(7-3)21(25)23-19-13-15-20(16-14-19)24-22(26)18(8-4)12-10-6-2/h17-20H,5-16H2,1-4H3,(H,23,25)(H,24,26)/t17-,18-,19?,20?/m0/s1. The highest BCUT2D eigenvalue weighted by Crippen LogP contribution is 2.22. The Balaban J connectivity index is 2.35. The van der Waals surface area contributed by atoms with E-state index in [1.807, 2.05) is 0 Å². The van der Waals surface area contributed by atoms with Gasteiger partial charge in [-0.1, -0.05) is 53.4 Å². The maximum Gasteiger partial charge on any atom is 0.223 e. The summed E-state index contributed by atoms with van der Waals surface area (Å²) in [5.74, 6) is 0.797. The molecule has 0 radical (unpaired) electrons. The molecular weight excluding hydrogens is 324 g/mol. The van der Waals surface area contributed by atoms with Gasteiger partial charge in [-0.2, -0.15) is 0 Å². The number of carbonyl (C=O) groups excluding carboxylic acids is 2. The van der Waals surface area contributed by atoms with Crippen molar-refractivity contribution in [3.63, 3.8) is 0 Å². The molecule has 1 aliphatic rings. The predicted molar refractivity (Wildman–Crippen MR) is 109 cm³/mol. The zero-order valence-electron chi connectivity index (χ0n) is 17.6. The third-order valence-corrected chi connectivity index (χ3v) is 5.96. The quantitative estimate of drug-likeness (QED) is 0.513. The minimum Gasteiger partial charge on any atom is -0.353 e. The van der Waals surface area contributed by atoms with E-state index < -0.39 is 0 Å². The van der Waals surface area contributed by atoms with E-state index in [1.54, 1.807) is 0 Å². The summed E-state index contributed by atoms with van der Waals surface area (Å²) in [5, 5.41) is 6.53. The average molecular weight is 367 g/mol. The molecule has 0 heterocycles. The molecule has 2 amide bonds. The Kier molecular flexibility index (Phi) is 11.6. The van der Waals surface area contributed by atoms with Crippen LogP contribution in [0.25, 0.3) is 0 Å². The molecule has 0 aromatic heterocycles. The molecule has 1 rings (SSSR count). The van der Waals surface area contributed by atoms with Crippen LogP contribution < -0.4 is 10.6 Å². The Morgan fingerprint density at radius 2 is 1.08 bits per heavy atom. The summed E-state index contributed by atoms with van der Waals surface area (Å²) < 4.78 is 0. The molecule has 0 aromatic carbocycles. The molecule has 4 nitrogen and oxygen atoms in total. The van der Waals surface area contributed by atoms with Crippen molar-refractivity contribution in [3.05, 3.63) is 0 Å². The van der Waals surface area contributed by atoms with E-state index in [2.05, 4.69) is 38.3 Å². The minimum atomic E-state index is 0.163. The van der Waals surface area contributed by atoms with E-state index >= 15 is 0 Å². The van der Waals surface area contributed by atoms with Crippen LogP contribution in [0, 0.1) is 11.8 Å². The molecule has 2 N–H and O–H groups in total. The lowest BCUT2D eigenvalue weighted by Crippen LogP contribution is -2.46. The highest BCUT2D eigenvalue weighted by molar-refractivity contribution is 5.79. The van der Waals surface area contributed by atoms with Crippen LogP contribution >= 0.6 is 0 Å². The monoisotopic (exact) mass is 366 g/mol. The smallest absolute Gasteiger partial charge is 0.223 e. The lowest BCUT2D eigenvalue weighted by atomic mass is 9.89. The first-order valence-electron chi connectivity index (χ1n) is 11.2. The molecule has 0 aliphatic heterocycles. The minimum absolute atomic E-state index is 0.163. The van der Waals surface area contributed by atoms with Crippen LogP contribution in [-0.4, -0.2) is 23.9 Å². The van der Waals surface area contributed by atoms with Crippen molar-refractivity contribution in [1.29, 1.82) is 0 Å². The Labute approximate surface area is 161 Å². The summed E-state index contributed by atoms with van der Waals surface area (Å²) in [7, 11) is 0. The molecule has 0 saturated heterocycles. The van der Waals surface area contributed by atoms with Crippen LogP contribution in [0.5, 0.6) is 0 Å². The van der Waals surface area contributed by atoms with Gasteiger partial charge in [0.15, 0.2) is 0 Å². The van der Waals surface area contributed by atoms with Crippen LogP contribution in [0.1, 0.15) is 105 Å². The maximum atomic E-state index is 12.5. The van der Waals surface area contributed by atoms with Crippen LogP contribution in [0.2, 0.25) is 0 Å². The average Bonchev–Trinajstić information content (AvgIpc) is 2.64. The first-order chi connectivity index (χ1) is 12.5. The fourth-order valence-corrected chi connectivity index (χ4v) is 3.96. The molecular formula is C22H42N2O2. The Bertz CT molecular complexity index is 365. The van der Waals surface area contributed by atoms with E-state index in [4.69, 9.17) is 0 Å². The third-order valence-electron chi connectivity index (χ3n) is 5.96. The largest absolute Gasteiger partial charge is 0.353 e. The number of hydrogen-bond donors (Lipinski definition) is 2. The molecule has 0 aromatic rings. The van der Waals surface area contributed by atoms with E-state index in [1.165, 1.54) is 0 Å². The molecule has 0 bridgehead atoms. The second kappa shape index (κ2) is 13.2. The number of hydrogen-bond acceptors (Lipinski definition) is 2. The van der Waals surface area contributed by atoms with E-state index in [9.17, 15) is 9.59 Å². The van der Waals surface area contributed by atoms with E-state index in [0.717, 1.165) is 77.0 Å². The maximum absolute atomic E-state index is 12.5. The molecule has 0 unspecified atom stereocenters. The molecule has 1 fully saturated rings. The molecule has 4 heteroatoms. The van der Waals surface area contributed by atoms with Gasteiger partial charge < -0.3 is 10.6 Å². The molecule has 1 saturated carbocycles. The fraction of sp³-hybridized carbons (Fsp3) is 0.909. The predicted octanol–water partition coefficient (Wildman–Crippen LogP) is 4.96. The topological polar surface area (TPSA) is 58.2 Å². The number of nitrogens with one attached hydrogen (secondary N) is 2. The SMILES string of the molecule is CCCC[C@H](CC)C(=O)NC1CCC(NC(=O)[C@@H](CC)CCCC)CC1. The van der Waals surface area contributed by atoms with Crippen LogP contribution in [0.15, 0.2) is 0 Å². The van der Waals surface area contributed by atoms with Crippen LogP contribution in [0.3, 0.4) is 0 Å². The number of unbranched alkanes of at least 4 members (excludes halogenated alkanes) is 2. The zero-order chi connectivity index (χ0) is 19.4. The van der Waals surface area contributed by atoms with Crippen molar-refractivity contribution in [2.24, 2.45) is 11.8 Å². The zero-order valence-corrected chi connectivity index (χ0v) is 17.6. The van der Waals surface area contributed by atoms with Crippen LogP contribution in [-0.2, 0) is 9.59 Å². The molecule has 2 atom stereocenters. The fourth-order valence-electron chi connectivity index (χ4n) is 3.96. The van der Waals surface area contributed by atoms with Gasteiger partial charge in [0.25, 0.3) is 0 Å². The Morgan fingerprint density at radius 1 is 0.731 bits per heavy atom. The first kappa shape index (κ1) is 23.0. The first-order valence-corrected chi connectivity index (χ1v) is 11.2. The van der Waals surface area contributed by atoms with Gasteiger partial charge in [-0.15, -0.1) is 0 Å². The van der Waals surface area contributed by atoms with Gasteiger partial charge >= 0.3 is 0 Å². The molecule has 152 valence electrons. The third kappa shape index (κ3) is 8.09. The van der Waals surface area contributed by atoms with Gasteiger partial charge in [0, 0.05) is 23.9 Å². The van der Waals surface area contributed by atoms with Crippen molar-refractivity contribution in [2.75, 3.05) is 0 Å². The summed E-state index contributed by atoms with van der Waals surface area (Å²) in [5.41, 5.74) is 0. The number of carbonyl (C=O) groups is 2. The number of rotatable bonds is 12.